The topological polar surface area (TPSA) is 66.8 Å². The summed E-state index contributed by atoms with van der Waals surface area (Å²) in [5, 5.41) is 0. The van der Waals surface area contributed by atoms with E-state index in [4.69, 9.17) is 9.79 Å². The van der Waals surface area contributed by atoms with E-state index < -0.39 is 7.82 Å². The molecular formula is C2H5KO4P. The summed E-state index contributed by atoms with van der Waals surface area (Å²) >= 11 is 0. The van der Waals surface area contributed by atoms with E-state index in [2.05, 4.69) is 11.1 Å². The van der Waals surface area contributed by atoms with Crippen molar-refractivity contribution in [1.29, 1.82) is 0 Å². The van der Waals surface area contributed by atoms with Gasteiger partial charge in [-0.15, -0.1) is 0 Å². The second kappa shape index (κ2) is 5.14. The van der Waals surface area contributed by atoms with Crippen molar-refractivity contribution in [1.82, 2.24) is 0 Å². The van der Waals surface area contributed by atoms with Crippen LogP contribution < -0.4 is 0 Å². The molecule has 2 N–H and O–H groups in total. The van der Waals surface area contributed by atoms with Crippen LogP contribution in [0.25, 0.3) is 0 Å². The first kappa shape index (κ1) is 12.0. The first-order valence-corrected chi connectivity index (χ1v) is 2.94. The fraction of sp³-hybridized carbons (Fsp3) is 0. The molecule has 0 unspecified atom stereocenters. The Morgan fingerprint density at radius 2 is 2.00 bits per heavy atom. The standard InChI is InChI=1S/C2H5O4P.K/c1-2-6-7(3,4)5;/h2H,1H2,(H2,3,4,5);. The summed E-state index contributed by atoms with van der Waals surface area (Å²) < 4.78 is 13.3. The Hall–Kier alpha value is 1.33. The molecule has 0 aromatic carbocycles. The van der Waals surface area contributed by atoms with E-state index in [0.717, 1.165) is 0 Å². The molecule has 1 radical (unpaired) electrons. The average molecular weight is 163 g/mol. The van der Waals surface area contributed by atoms with E-state index in [1.807, 2.05) is 0 Å². The minimum Gasteiger partial charge on any atom is -0.413 e. The van der Waals surface area contributed by atoms with Crippen LogP contribution in [0.1, 0.15) is 0 Å². The third-order valence-corrected chi connectivity index (χ3v) is 0.636. The first-order chi connectivity index (χ1) is 3.06. The van der Waals surface area contributed by atoms with Crippen LogP contribution in [0.5, 0.6) is 0 Å². The van der Waals surface area contributed by atoms with Crippen molar-refractivity contribution < 1.29 is 18.9 Å². The third-order valence-electron chi connectivity index (χ3n) is 0.212. The van der Waals surface area contributed by atoms with Gasteiger partial charge in [0.05, 0.1) is 6.26 Å². The predicted octanol–water partition coefficient (Wildman–Crippen LogP) is -0.142. The van der Waals surface area contributed by atoms with E-state index >= 15 is 0 Å². The molecule has 4 nitrogen and oxygen atoms in total. The van der Waals surface area contributed by atoms with Gasteiger partial charge < -0.3 is 4.52 Å². The smallest absolute Gasteiger partial charge is 0.413 e. The molecule has 43 valence electrons. The predicted molar refractivity (Wildman–Crippen MR) is 29.1 cm³/mol. The Morgan fingerprint density at radius 3 is 2.00 bits per heavy atom. The van der Waals surface area contributed by atoms with E-state index in [1.54, 1.807) is 0 Å². The molecule has 0 saturated carbocycles. The SMILES string of the molecule is C=COP(=O)(O)O.[K]. The Bertz CT molecular complexity index is 107. The molecule has 0 aliphatic rings. The van der Waals surface area contributed by atoms with Crippen molar-refractivity contribution >= 4 is 59.2 Å². The molecule has 0 bridgehead atoms. The fourth-order valence-corrected chi connectivity index (χ4v) is 0.291. The second-order valence-electron chi connectivity index (χ2n) is 0.763. The summed E-state index contributed by atoms with van der Waals surface area (Å²) in [6.45, 7) is 2.93. The Labute approximate surface area is 89.6 Å². The van der Waals surface area contributed by atoms with Gasteiger partial charge in [0.2, 0.25) is 0 Å². The summed E-state index contributed by atoms with van der Waals surface area (Å²) in [7, 11) is -4.28. The van der Waals surface area contributed by atoms with Gasteiger partial charge in [-0.1, -0.05) is 6.58 Å². The summed E-state index contributed by atoms with van der Waals surface area (Å²) in [5.74, 6) is 0. The zero-order chi connectivity index (χ0) is 5.91. The summed E-state index contributed by atoms with van der Waals surface area (Å²) in [6.07, 6.45) is 0.695. The van der Waals surface area contributed by atoms with Crippen LogP contribution in [0.2, 0.25) is 0 Å². The van der Waals surface area contributed by atoms with Crippen molar-refractivity contribution in [3.05, 3.63) is 12.8 Å². The molecule has 0 aliphatic heterocycles. The van der Waals surface area contributed by atoms with Crippen LogP contribution in [0.4, 0.5) is 0 Å². The molecule has 0 atom stereocenters. The average Bonchev–Trinajstić information content (AvgIpc) is 1.30. The van der Waals surface area contributed by atoms with Gasteiger partial charge in [0, 0.05) is 51.4 Å². The van der Waals surface area contributed by atoms with Crippen LogP contribution in [0.3, 0.4) is 0 Å². The molecule has 8 heavy (non-hydrogen) atoms. The molecule has 0 spiro atoms. The Morgan fingerprint density at radius 1 is 1.62 bits per heavy atom. The zero-order valence-corrected chi connectivity index (χ0v) is 8.46. The van der Waals surface area contributed by atoms with Gasteiger partial charge in [0.1, 0.15) is 0 Å². The van der Waals surface area contributed by atoms with Crippen molar-refractivity contribution in [2.24, 2.45) is 0 Å². The van der Waals surface area contributed by atoms with Crippen LogP contribution in [-0.4, -0.2) is 61.2 Å². The quantitative estimate of drug-likeness (QED) is 0.337. The van der Waals surface area contributed by atoms with E-state index in [-0.39, 0.29) is 51.4 Å². The number of rotatable bonds is 2. The third kappa shape index (κ3) is 10.3. The maximum atomic E-state index is 9.63. The van der Waals surface area contributed by atoms with Gasteiger partial charge in [-0.2, -0.15) is 0 Å². The normalized spacial score (nSPS) is 9.25. The van der Waals surface area contributed by atoms with E-state index in [0.29, 0.717) is 6.26 Å². The monoisotopic (exact) mass is 163 g/mol. The van der Waals surface area contributed by atoms with Crippen LogP contribution in [0.15, 0.2) is 12.8 Å². The zero-order valence-electron chi connectivity index (χ0n) is 4.44. The molecule has 6 heteroatoms. The number of hydrogen-bond donors (Lipinski definition) is 2. The maximum absolute atomic E-state index is 9.63. The van der Waals surface area contributed by atoms with Gasteiger partial charge in [-0.05, 0) is 0 Å². The minimum absolute atomic E-state index is 0. The fourth-order valence-electron chi connectivity index (χ4n) is 0.0971. The van der Waals surface area contributed by atoms with Crippen LogP contribution in [0, 0.1) is 0 Å². The Kier molecular flexibility index (Phi) is 7.74. The van der Waals surface area contributed by atoms with Crippen LogP contribution in [-0.2, 0) is 9.09 Å². The molecule has 0 aromatic rings. The molecule has 0 amide bonds. The Balaban J connectivity index is 0. The number of phosphoric ester groups is 1. The molecule has 0 rings (SSSR count). The minimum atomic E-state index is -4.28. The molecule has 0 aliphatic carbocycles. The van der Waals surface area contributed by atoms with Crippen molar-refractivity contribution in [2.45, 2.75) is 0 Å². The van der Waals surface area contributed by atoms with Crippen molar-refractivity contribution in [2.75, 3.05) is 0 Å². The van der Waals surface area contributed by atoms with Gasteiger partial charge in [-0.3, -0.25) is 9.79 Å². The van der Waals surface area contributed by atoms with E-state index in [9.17, 15) is 4.57 Å². The van der Waals surface area contributed by atoms with Gasteiger partial charge >= 0.3 is 7.82 Å². The molecule has 0 fully saturated rings. The molecular weight excluding hydrogens is 158 g/mol. The second-order valence-corrected chi connectivity index (χ2v) is 1.95. The van der Waals surface area contributed by atoms with Crippen molar-refractivity contribution in [3.8, 4) is 0 Å². The summed E-state index contributed by atoms with van der Waals surface area (Å²) in [5.41, 5.74) is 0. The molecule has 0 heterocycles. The summed E-state index contributed by atoms with van der Waals surface area (Å²) in [6, 6.07) is 0. The molecule has 0 aromatic heterocycles. The van der Waals surface area contributed by atoms with Gasteiger partial charge in [-0.25, -0.2) is 4.57 Å². The number of hydrogen-bond acceptors (Lipinski definition) is 2. The van der Waals surface area contributed by atoms with Gasteiger partial charge in [0.25, 0.3) is 0 Å². The maximum Gasteiger partial charge on any atom is 0.524 e. The van der Waals surface area contributed by atoms with Crippen molar-refractivity contribution in [3.63, 3.8) is 0 Å². The molecule has 0 saturated heterocycles. The van der Waals surface area contributed by atoms with Gasteiger partial charge in [0.15, 0.2) is 0 Å². The van der Waals surface area contributed by atoms with E-state index in [1.165, 1.54) is 0 Å². The summed E-state index contributed by atoms with van der Waals surface area (Å²) in [4.78, 5) is 15.7. The largest absolute Gasteiger partial charge is 0.524 e. The van der Waals surface area contributed by atoms with Crippen LogP contribution >= 0.6 is 7.82 Å². The number of phosphoric acid groups is 1. The first-order valence-electron chi connectivity index (χ1n) is 1.41.